The summed E-state index contributed by atoms with van der Waals surface area (Å²) in [5.74, 6) is 1.03. The first-order valence-corrected chi connectivity index (χ1v) is 13.0. The molecule has 198 valence electrons. The highest BCUT2D eigenvalue weighted by Crippen LogP contribution is 2.47. The topological polar surface area (TPSA) is 67.9 Å². The van der Waals surface area contributed by atoms with E-state index in [1.54, 1.807) is 43.5 Å². The molecule has 0 aliphatic heterocycles. The molecule has 0 aromatic heterocycles. The van der Waals surface area contributed by atoms with Crippen molar-refractivity contribution in [2.45, 2.75) is 44.2 Å². The summed E-state index contributed by atoms with van der Waals surface area (Å²) in [5.41, 5.74) is 2.40. The minimum Gasteiger partial charge on any atom is -0.497 e. The number of hydrogen-bond acceptors (Lipinski definition) is 4. The quantitative estimate of drug-likeness (QED) is 0.408. The smallest absolute Gasteiger partial charge is 0.250 e. The zero-order valence-corrected chi connectivity index (χ0v) is 21.8. The largest absolute Gasteiger partial charge is 0.497 e. The number of fused-ring (bicyclic) bond motifs is 2. The molecule has 2 aliphatic rings. The average Bonchev–Trinajstić information content (AvgIpc) is 2.95. The number of benzene rings is 3. The van der Waals surface area contributed by atoms with Gasteiger partial charge in [-0.05, 0) is 73.3 Å². The van der Waals surface area contributed by atoms with Crippen LogP contribution in [0.3, 0.4) is 0 Å². The van der Waals surface area contributed by atoms with Gasteiger partial charge in [0.2, 0.25) is 12.3 Å². The second-order valence-corrected chi connectivity index (χ2v) is 10.3. The normalized spacial score (nSPS) is 22.0. The molecular weight excluding hydrogens is 483 g/mol. The minimum atomic E-state index is -1.14. The predicted molar refractivity (Wildman–Crippen MR) is 144 cm³/mol. The van der Waals surface area contributed by atoms with Crippen molar-refractivity contribution in [3.63, 3.8) is 0 Å². The zero-order valence-electron chi connectivity index (χ0n) is 21.8. The van der Waals surface area contributed by atoms with Gasteiger partial charge in [-0.2, -0.15) is 0 Å². The summed E-state index contributed by atoms with van der Waals surface area (Å²) in [6, 6.07) is 20.0. The molecule has 6 nitrogen and oxygen atoms in total. The molecule has 0 bridgehead atoms. The first kappa shape index (κ1) is 25.8. The summed E-state index contributed by atoms with van der Waals surface area (Å²) in [7, 11) is 3.09. The molecule has 1 fully saturated rings. The highest BCUT2D eigenvalue weighted by molar-refractivity contribution is 6.00. The van der Waals surface area contributed by atoms with E-state index in [4.69, 9.17) is 9.47 Å². The lowest BCUT2D eigenvalue weighted by atomic mass is 9.62. The zero-order chi connectivity index (χ0) is 26.7. The molecule has 0 spiro atoms. The van der Waals surface area contributed by atoms with Crippen LogP contribution in [0.5, 0.6) is 11.5 Å². The van der Waals surface area contributed by atoms with Crippen LogP contribution in [0.4, 0.5) is 10.1 Å². The SMILES string of the molecule is COc1ccc(NC(=O)C2(N(C=O)Cc3ccccc3F)CC[C@@H]3Cc4ccccc4C[C@H]3C2)c(OC)c1. The van der Waals surface area contributed by atoms with Gasteiger partial charge in [0.15, 0.2) is 0 Å². The van der Waals surface area contributed by atoms with Crippen molar-refractivity contribution >= 4 is 18.0 Å². The monoisotopic (exact) mass is 516 g/mol. The summed E-state index contributed by atoms with van der Waals surface area (Å²) in [6.45, 7) is 0.0112. The Hall–Kier alpha value is -3.87. The van der Waals surface area contributed by atoms with Crippen LogP contribution in [0.25, 0.3) is 0 Å². The average molecular weight is 517 g/mol. The van der Waals surface area contributed by atoms with E-state index < -0.39 is 11.4 Å². The predicted octanol–water partition coefficient (Wildman–Crippen LogP) is 5.39. The number of amides is 2. The van der Waals surface area contributed by atoms with Crippen LogP contribution in [-0.2, 0) is 29.0 Å². The van der Waals surface area contributed by atoms with Crippen LogP contribution in [0.1, 0.15) is 36.0 Å². The van der Waals surface area contributed by atoms with Crippen LogP contribution in [0.15, 0.2) is 66.7 Å². The van der Waals surface area contributed by atoms with Crippen LogP contribution in [0, 0.1) is 17.7 Å². The first-order valence-electron chi connectivity index (χ1n) is 13.0. The second kappa shape index (κ2) is 10.9. The summed E-state index contributed by atoms with van der Waals surface area (Å²) < 4.78 is 25.5. The number of carbonyl (C=O) groups excluding carboxylic acids is 2. The van der Waals surface area contributed by atoms with E-state index in [0.29, 0.717) is 47.9 Å². The maximum absolute atomic E-state index is 14.7. The van der Waals surface area contributed by atoms with Gasteiger partial charge in [-0.3, -0.25) is 9.59 Å². The van der Waals surface area contributed by atoms with E-state index >= 15 is 0 Å². The summed E-state index contributed by atoms with van der Waals surface area (Å²) in [4.78, 5) is 28.4. The van der Waals surface area contributed by atoms with Gasteiger partial charge in [0, 0.05) is 18.2 Å². The molecule has 3 atom stereocenters. The van der Waals surface area contributed by atoms with Gasteiger partial charge in [-0.25, -0.2) is 4.39 Å². The molecule has 0 saturated heterocycles. The molecular formula is C31H33FN2O4. The highest BCUT2D eigenvalue weighted by Gasteiger charge is 2.51. The maximum atomic E-state index is 14.7. The van der Waals surface area contributed by atoms with Crippen molar-refractivity contribution in [1.29, 1.82) is 0 Å². The lowest BCUT2D eigenvalue weighted by molar-refractivity contribution is -0.143. The molecule has 3 aromatic carbocycles. The molecule has 1 unspecified atom stereocenters. The Kier molecular flexibility index (Phi) is 7.36. The molecule has 38 heavy (non-hydrogen) atoms. The Morgan fingerprint density at radius 1 is 1.03 bits per heavy atom. The molecule has 7 heteroatoms. The fourth-order valence-electron chi connectivity index (χ4n) is 6.23. The number of anilines is 1. The van der Waals surface area contributed by atoms with E-state index in [9.17, 15) is 14.0 Å². The van der Waals surface area contributed by atoms with Gasteiger partial charge in [-0.15, -0.1) is 0 Å². The first-order chi connectivity index (χ1) is 18.5. The van der Waals surface area contributed by atoms with Crippen LogP contribution in [-0.4, -0.2) is 37.0 Å². The number of ether oxygens (including phenoxy) is 2. The Bertz CT molecular complexity index is 1330. The van der Waals surface area contributed by atoms with E-state index in [1.807, 2.05) is 6.07 Å². The van der Waals surface area contributed by atoms with Crippen molar-refractivity contribution in [1.82, 2.24) is 4.90 Å². The maximum Gasteiger partial charge on any atom is 0.250 e. The lowest BCUT2D eigenvalue weighted by Crippen LogP contribution is -2.60. The molecule has 1 N–H and O–H groups in total. The van der Waals surface area contributed by atoms with Crippen molar-refractivity contribution in [2.75, 3.05) is 19.5 Å². The Labute approximate surface area is 222 Å². The van der Waals surface area contributed by atoms with Crippen LogP contribution >= 0.6 is 0 Å². The third kappa shape index (κ3) is 4.85. The number of carbonyl (C=O) groups is 2. The van der Waals surface area contributed by atoms with Gasteiger partial charge in [0.25, 0.3) is 0 Å². The molecule has 3 aromatic rings. The van der Waals surface area contributed by atoms with E-state index in [1.165, 1.54) is 29.2 Å². The molecule has 2 aliphatic carbocycles. The third-order valence-electron chi connectivity index (χ3n) is 8.33. The van der Waals surface area contributed by atoms with Gasteiger partial charge >= 0.3 is 0 Å². The fraction of sp³-hybridized carbons (Fsp3) is 0.355. The molecule has 2 amide bonds. The van der Waals surface area contributed by atoms with Gasteiger partial charge < -0.3 is 19.7 Å². The number of rotatable bonds is 8. The van der Waals surface area contributed by atoms with E-state index in [2.05, 4.69) is 23.5 Å². The van der Waals surface area contributed by atoms with Gasteiger partial charge in [0.05, 0.1) is 19.9 Å². The second-order valence-electron chi connectivity index (χ2n) is 10.3. The standard InChI is InChI=1S/C31H33FN2O4/c1-37-26-11-12-28(29(17-26)38-2)33-30(36)31(34(20-35)19-24-9-5-6-10-27(24)32)14-13-23-15-21-7-3-4-8-22(21)16-25(23)18-31/h3-12,17,20,23,25H,13-16,18-19H2,1-2H3,(H,33,36)/t23-,25+,31?/m1/s1. The number of methoxy groups -OCH3 is 2. The van der Waals surface area contributed by atoms with Gasteiger partial charge in [0.1, 0.15) is 22.9 Å². The molecule has 0 radical (unpaired) electrons. The minimum absolute atomic E-state index is 0.0112. The summed E-state index contributed by atoms with van der Waals surface area (Å²) in [5, 5.41) is 3.04. The highest BCUT2D eigenvalue weighted by atomic mass is 19.1. The fourth-order valence-corrected chi connectivity index (χ4v) is 6.23. The number of nitrogens with one attached hydrogen (secondary N) is 1. The van der Waals surface area contributed by atoms with Crippen molar-refractivity contribution in [2.24, 2.45) is 11.8 Å². The van der Waals surface area contributed by atoms with Crippen LogP contribution < -0.4 is 14.8 Å². The number of halogens is 1. The molecule has 5 rings (SSSR count). The summed E-state index contributed by atoms with van der Waals surface area (Å²) >= 11 is 0. The number of hydrogen-bond donors (Lipinski definition) is 1. The lowest BCUT2D eigenvalue weighted by Gasteiger charge is -2.50. The molecule has 0 heterocycles. The van der Waals surface area contributed by atoms with Crippen molar-refractivity contribution < 1.29 is 23.5 Å². The third-order valence-corrected chi connectivity index (χ3v) is 8.33. The Morgan fingerprint density at radius 2 is 1.74 bits per heavy atom. The van der Waals surface area contributed by atoms with E-state index in [0.717, 1.165) is 19.3 Å². The van der Waals surface area contributed by atoms with Gasteiger partial charge in [-0.1, -0.05) is 42.5 Å². The van der Waals surface area contributed by atoms with Crippen molar-refractivity contribution in [3.8, 4) is 11.5 Å². The van der Waals surface area contributed by atoms with Crippen LogP contribution in [0.2, 0.25) is 0 Å². The van der Waals surface area contributed by atoms with E-state index in [-0.39, 0.29) is 18.4 Å². The Morgan fingerprint density at radius 3 is 2.42 bits per heavy atom. The number of nitrogens with zero attached hydrogens (tertiary/aromatic N) is 1. The Balaban J connectivity index is 1.50. The van der Waals surface area contributed by atoms with Crippen molar-refractivity contribution in [3.05, 3.63) is 89.2 Å². The summed E-state index contributed by atoms with van der Waals surface area (Å²) in [6.07, 6.45) is 4.33. The molecule has 1 saturated carbocycles.